The maximum absolute atomic E-state index is 12.2. The van der Waals surface area contributed by atoms with Gasteiger partial charge in [-0.25, -0.2) is 0 Å². The number of likely N-dealkylation sites (N-methyl/N-ethyl adjacent to an activating group) is 1. The molecule has 0 spiro atoms. The molecule has 1 aliphatic heterocycles. The first-order valence-corrected chi connectivity index (χ1v) is 7.30. The van der Waals surface area contributed by atoms with E-state index in [1.165, 1.54) is 0 Å². The zero-order chi connectivity index (χ0) is 14.7. The van der Waals surface area contributed by atoms with Gasteiger partial charge in [0.05, 0.1) is 12.7 Å². The number of likely N-dealkylation sites (tertiary alicyclic amines) is 1. The average molecular weight is 343 g/mol. The summed E-state index contributed by atoms with van der Waals surface area (Å²) in [5.74, 6) is 1.05. The number of hydrogen-bond acceptors (Lipinski definition) is 5. The summed E-state index contributed by atoms with van der Waals surface area (Å²) in [6, 6.07) is 3.56. The minimum absolute atomic E-state index is 0.0326. The van der Waals surface area contributed by atoms with E-state index in [1.54, 1.807) is 19.2 Å². The van der Waals surface area contributed by atoms with E-state index in [9.17, 15) is 4.79 Å². The zero-order valence-electron chi connectivity index (χ0n) is 11.7. The second kappa shape index (κ2) is 6.56. The zero-order valence-corrected chi connectivity index (χ0v) is 13.3. The summed E-state index contributed by atoms with van der Waals surface area (Å²) in [5.41, 5.74) is 6.00. The minimum Gasteiger partial charge on any atom is -0.493 e. The number of hydrogen-bond donors (Lipinski definition) is 1. The van der Waals surface area contributed by atoms with Gasteiger partial charge in [0.25, 0.3) is 0 Å². The molecule has 0 aliphatic carbocycles. The molecule has 6 heteroatoms. The summed E-state index contributed by atoms with van der Waals surface area (Å²) in [5, 5.41) is 0. The van der Waals surface area contributed by atoms with Gasteiger partial charge in [-0.2, -0.15) is 0 Å². The number of methoxy groups -OCH3 is 1. The van der Waals surface area contributed by atoms with Gasteiger partial charge < -0.3 is 15.2 Å². The number of nitrogens with zero attached hydrogens (tertiary/aromatic N) is 1. The first-order valence-electron chi connectivity index (χ1n) is 6.51. The summed E-state index contributed by atoms with van der Waals surface area (Å²) in [6.07, 6.45) is 0.389. The minimum atomic E-state index is -0.0326. The molecule has 0 unspecified atom stereocenters. The van der Waals surface area contributed by atoms with Crippen LogP contribution in [0.3, 0.4) is 0 Å². The number of carbonyl (C=O) groups excluding carboxylic acids is 1. The van der Waals surface area contributed by atoms with E-state index in [1.807, 2.05) is 7.05 Å². The molecule has 1 saturated heterocycles. The molecule has 20 heavy (non-hydrogen) atoms. The van der Waals surface area contributed by atoms with Gasteiger partial charge in [-0.05, 0) is 25.7 Å². The van der Waals surface area contributed by atoms with Crippen LogP contribution in [0.25, 0.3) is 0 Å². The lowest BCUT2D eigenvalue weighted by molar-refractivity contribution is 0.0362. The van der Waals surface area contributed by atoms with Crippen LogP contribution in [0.2, 0.25) is 0 Å². The Morgan fingerprint density at radius 1 is 1.50 bits per heavy atom. The average Bonchev–Trinajstić information content (AvgIpc) is 2.38. The molecule has 0 amide bonds. The first-order chi connectivity index (χ1) is 9.55. The number of nitrogens with two attached hydrogens (primary N) is 1. The molecule has 1 aliphatic rings. The third kappa shape index (κ3) is 3.31. The highest BCUT2D eigenvalue weighted by Gasteiger charge is 2.28. The molecule has 5 nitrogen and oxygen atoms in total. The van der Waals surface area contributed by atoms with Gasteiger partial charge >= 0.3 is 0 Å². The molecular formula is C14H19BrN2O3. The summed E-state index contributed by atoms with van der Waals surface area (Å²) in [4.78, 5) is 14.3. The van der Waals surface area contributed by atoms with Crippen molar-refractivity contribution in [2.45, 2.75) is 12.5 Å². The highest BCUT2D eigenvalue weighted by Crippen LogP contribution is 2.37. The number of carbonyl (C=O) groups is 1. The maximum Gasteiger partial charge on any atom is 0.172 e. The topological polar surface area (TPSA) is 64.8 Å². The number of Topliss-reactive ketones (excluding diaryl/α,β-unsaturated/α-hetero) is 1. The van der Waals surface area contributed by atoms with Crippen molar-refractivity contribution in [1.82, 2.24) is 4.90 Å². The van der Waals surface area contributed by atoms with Gasteiger partial charge in [0, 0.05) is 24.0 Å². The molecule has 0 saturated carbocycles. The molecule has 1 aromatic carbocycles. The number of ketones is 1. The monoisotopic (exact) mass is 342 g/mol. The molecule has 1 heterocycles. The third-order valence-electron chi connectivity index (χ3n) is 3.23. The predicted molar refractivity (Wildman–Crippen MR) is 80.6 cm³/mol. The fourth-order valence-electron chi connectivity index (χ4n) is 2.20. The Bertz CT molecular complexity index is 501. The van der Waals surface area contributed by atoms with Crippen LogP contribution in [-0.4, -0.2) is 50.6 Å². The molecule has 0 atom stereocenters. The molecule has 1 aromatic rings. The van der Waals surface area contributed by atoms with Crippen LogP contribution in [0.4, 0.5) is 0 Å². The maximum atomic E-state index is 12.2. The van der Waals surface area contributed by atoms with Crippen molar-refractivity contribution in [3.05, 3.63) is 22.2 Å². The van der Waals surface area contributed by atoms with Crippen LogP contribution in [0.5, 0.6) is 11.5 Å². The molecule has 1 fully saturated rings. The Kier molecular flexibility index (Phi) is 5.01. The van der Waals surface area contributed by atoms with Gasteiger partial charge in [0.2, 0.25) is 0 Å². The number of ether oxygens (including phenoxy) is 2. The standard InChI is InChI=1S/C14H19BrN2O3/c1-17-7-10(8-17)20-14-11(12(18)3-4-16)5-9(15)6-13(14)19-2/h5-6,10H,3-4,7-8,16H2,1-2H3. The third-order valence-corrected chi connectivity index (χ3v) is 3.68. The van der Waals surface area contributed by atoms with E-state index in [4.69, 9.17) is 15.2 Å². The normalized spacial score (nSPS) is 15.8. The molecule has 0 radical (unpaired) electrons. The fraction of sp³-hybridized carbons (Fsp3) is 0.500. The molecule has 2 N–H and O–H groups in total. The molecule has 0 bridgehead atoms. The van der Waals surface area contributed by atoms with Gasteiger partial charge in [-0.1, -0.05) is 15.9 Å². The Balaban J connectivity index is 2.31. The van der Waals surface area contributed by atoms with E-state index < -0.39 is 0 Å². The second-order valence-electron chi connectivity index (χ2n) is 4.91. The van der Waals surface area contributed by atoms with Gasteiger partial charge in [-0.15, -0.1) is 0 Å². The predicted octanol–water partition coefficient (Wildman–Crippen LogP) is 1.68. The molecule has 2 rings (SSSR count). The van der Waals surface area contributed by atoms with Crippen molar-refractivity contribution in [3.63, 3.8) is 0 Å². The second-order valence-corrected chi connectivity index (χ2v) is 5.82. The summed E-state index contributed by atoms with van der Waals surface area (Å²) >= 11 is 3.39. The number of benzene rings is 1. The Hall–Kier alpha value is -1.11. The van der Waals surface area contributed by atoms with Gasteiger partial charge in [-0.3, -0.25) is 9.69 Å². The SMILES string of the molecule is COc1cc(Br)cc(C(=O)CCN)c1OC1CN(C)C1. The number of rotatable bonds is 6. The smallest absolute Gasteiger partial charge is 0.172 e. The van der Waals surface area contributed by atoms with Crippen molar-refractivity contribution >= 4 is 21.7 Å². The van der Waals surface area contributed by atoms with Gasteiger partial charge in [0.15, 0.2) is 17.3 Å². The molecule has 0 aromatic heterocycles. The quantitative estimate of drug-likeness (QED) is 0.797. The largest absolute Gasteiger partial charge is 0.493 e. The van der Waals surface area contributed by atoms with E-state index in [0.717, 1.165) is 17.6 Å². The van der Waals surface area contributed by atoms with Crippen molar-refractivity contribution in [3.8, 4) is 11.5 Å². The summed E-state index contributed by atoms with van der Waals surface area (Å²) < 4.78 is 12.1. The lowest BCUT2D eigenvalue weighted by atomic mass is 10.1. The molecular weight excluding hydrogens is 324 g/mol. The summed E-state index contributed by atoms with van der Waals surface area (Å²) in [7, 11) is 3.60. The lowest BCUT2D eigenvalue weighted by Crippen LogP contribution is -2.51. The van der Waals surface area contributed by atoms with Crippen LogP contribution < -0.4 is 15.2 Å². The lowest BCUT2D eigenvalue weighted by Gasteiger charge is -2.36. The van der Waals surface area contributed by atoms with Crippen LogP contribution in [0.15, 0.2) is 16.6 Å². The Labute approximate surface area is 127 Å². The van der Waals surface area contributed by atoms with Crippen LogP contribution in [0.1, 0.15) is 16.8 Å². The van der Waals surface area contributed by atoms with Crippen LogP contribution >= 0.6 is 15.9 Å². The van der Waals surface area contributed by atoms with E-state index in [0.29, 0.717) is 30.0 Å². The fourth-order valence-corrected chi connectivity index (χ4v) is 2.63. The van der Waals surface area contributed by atoms with Gasteiger partial charge in [0.1, 0.15) is 6.10 Å². The van der Waals surface area contributed by atoms with E-state index in [-0.39, 0.29) is 11.9 Å². The highest BCUT2D eigenvalue weighted by atomic mass is 79.9. The molecule has 110 valence electrons. The summed E-state index contributed by atoms with van der Waals surface area (Å²) in [6.45, 7) is 2.02. The van der Waals surface area contributed by atoms with Crippen molar-refractivity contribution in [2.75, 3.05) is 33.8 Å². The van der Waals surface area contributed by atoms with Crippen molar-refractivity contribution in [1.29, 1.82) is 0 Å². The van der Waals surface area contributed by atoms with Crippen molar-refractivity contribution < 1.29 is 14.3 Å². The van der Waals surface area contributed by atoms with Crippen LogP contribution in [-0.2, 0) is 0 Å². The van der Waals surface area contributed by atoms with Crippen molar-refractivity contribution in [2.24, 2.45) is 5.73 Å². The first kappa shape index (κ1) is 15.3. The number of halogens is 1. The van der Waals surface area contributed by atoms with E-state index >= 15 is 0 Å². The Morgan fingerprint density at radius 3 is 2.75 bits per heavy atom. The highest BCUT2D eigenvalue weighted by molar-refractivity contribution is 9.10. The van der Waals surface area contributed by atoms with Crippen LogP contribution in [0, 0.1) is 0 Å². The Morgan fingerprint density at radius 2 is 2.20 bits per heavy atom. The van der Waals surface area contributed by atoms with E-state index in [2.05, 4.69) is 20.8 Å².